The second kappa shape index (κ2) is 6.90. The van der Waals surface area contributed by atoms with Crippen LogP contribution < -0.4 is 4.74 Å². The number of carbonyl (C=O) groups excluding carboxylic acids is 1. The van der Waals surface area contributed by atoms with Crippen LogP contribution >= 0.6 is 0 Å². The number of piperidine rings is 1. The fraction of sp³-hybridized carbons (Fsp3) is 0.684. The SMILES string of the molecule is O=C(CC1CC1)N1CC[C@@H]2OCCC[C@@]2(COc2ncccc2F)C1. The molecule has 1 amide bonds. The number of amides is 1. The lowest BCUT2D eigenvalue weighted by molar-refractivity contribution is -0.158. The van der Waals surface area contributed by atoms with Crippen molar-refractivity contribution in [2.75, 3.05) is 26.3 Å². The summed E-state index contributed by atoms with van der Waals surface area (Å²) in [6.07, 6.45) is 7.31. The first kappa shape index (κ1) is 16.8. The zero-order valence-electron chi connectivity index (χ0n) is 14.5. The molecule has 2 saturated heterocycles. The first-order chi connectivity index (χ1) is 12.2. The van der Waals surface area contributed by atoms with Gasteiger partial charge in [-0.05, 0) is 50.2 Å². The highest BCUT2D eigenvalue weighted by atomic mass is 19.1. The summed E-state index contributed by atoms with van der Waals surface area (Å²) in [7, 11) is 0. The van der Waals surface area contributed by atoms with Crippen molar-refractivity contribution < 1.29 is 18.7 Å². The van der Waals surface area contributed by atoms with E-state index in [1.807, 2.05) is 4.90 Å². The number of nitrogens with zero attached hydrogens (tertiary/aromatic N) is 2. The zero-order valence-corrected chi connectivity index (χ0v) is 14.5. The minimum atomic E-state index is -0.454. The van der Waals surface area contributed by atoms with Crippen LogP contribution in [0.1, 0.15) is 38.5 Å². The number of hydrogen-bond acceptors (Lipinski definition) is 4. The molecule has 0 N–H and O–H groups in total. The standard InChI is InChI=1S/C19H25FN2O3/c20-15-3-1-8-21-18(15)25-13-19-7-2-10-24-16(19)6-9-22(12-19)17(23)11-14-4-5-14/h1,3,8,14,16H,2,4-7,9-13H2/t16-,19-/m0/s1. The average molecular weight is 348 g/mol. The first-order valence-electron chi connectivity index (χ1n) is 9.29. The van der Waals surface area contributed by atoms with Gasteiger partial charge in [0.25, 0.3) is 0 Å². The van der Waals surface area contributed by atoms with Crippen molar-refractivity contribution in [1.82, 2.24) is 9.88 Å². The van der Waals surface area contributed by atoms with E-state index < -0.39 is 5.82 Å². The molecule has 1 aromatic heterocycles. The number of fused-ring (bicyclic) bond motifs is 1. The molecule has 1 aliphatic carbocycles. The lowest BCUT2D eigenvalue weighted by atomic mass is 9.73. The number of pyridine rings is 1. The molecule has 3 fully saturated rings. The third kappa shape index (κ3) is 3.64. The van der Waals surface area contributed by atoms with Crippen LogP contribution in [0.4, 0.5) is 4.39 Å². The van der Waals surface area contributed by atoms with Gasteiger partial charge in [-0.15, -0.1) is 0 Å². The van der Waals surface area contributed by atoms with Crippen molar-refractivity contribution in [3.05, 3.63) is 24.1 Å². The molecule has 3 aliphatic rings. The minimum absolute atomic E-state index is 0.0302. The molecule has 2 aliphatic heterocycles. The Morgan fingerprint density at radius 3 is 3.12 bits per heavy atom. The molecule has 1 aromatic rings. The lowest BCUT2D eigenvalue weighted by Gasteiger charge is -2.50. The summed E-state index contributed by atoms with van der Waals surface area (Å²) in [5.41, 5.74) is -0.264. The summed E-state index contributed by atoms with van der Waals surface area (Å²) in [6, 6.07) is 2.90. The molecular weight excluding hydrogens is 323 g/mol. The second-order valence-electron chi connectivity index (χ2n) is 7.66. The van der Waals surface area contributed by atoms with Crippen LogP contribution in [-0.4, -0.2) is 48.2 Å². The number of carbonyl (C=O) groups is 1. The highest BCUT2D eigenvalue weighted by Crippen LogP contribution is 2.41. The molecule has 0 unspecified atom stereocenters. The maximum Gasteiger partial charge on any atom is 0.250 e. The molecule has 0 aromatic carbocycles. The highest BCUT2D eigenvalue weighted by Gasteiger charge is 2.48. The van der Waals surface area contributed by atoms with Crippen molar-refractivity contribution >= 4 is 5.91 Å². The topological polar surface area (TPSA) is 51.7 Å². The van der Waals surface area contributed by atoms with Gasteiger partial charge in [-0.25, -0.2) is 9.37 Å². The van der Waals surface area contributed by atoms with Crippen LogP contribution in [0, 0.1) is 17.2 Å². The number of likely N-dealkylation sites (tertiary alicyclic amines) is 1. The molecule has 0 bridgehead atoms. The van der Waals surface area contributed by atoms with E-state index >= 15 is 0 Å². The Bertz CT molecular complexity index is 637. The van der Waals surface area contributed by atoms with E-state index in [4.69, 9.17) is 9.47 Å². The van der Waals surface area contributed by atoms with Gasteiger partial charge < -0.3 is 14.4 Å². The van der Waals surface area contributed by atoms with E-state index in [1.54, 1.807) is 6.07 Å². The Morgan fingerprint density at radius 1 is 1.44 bits per heavy atom. The van der Waals surface area contributed by atoms with Crippen molar-refractivity contribution in [2.24, 2.45) is 11.3 Å². The number of rotatable bonds is 5. The summed E-state index contributed by atoms with van der Waals surface area (Å²) < 4.78 is 25.6. The second-order valence-corrected chi connectivity index (χ2v) is 7.66. The maximum atomic E-state index is 13.8. The molecule has 2 atom stereocenters. The van der Waals surface area contributed by atoms with Crippen LogP contribution in [0.3, 0.4) is 0 Å². The highest BCUT2D eigenvalue weighted by molar-refractivity contribution is 5.77. The Morgan fingerprint density at radius 2 is 2.32 bits per heavy atom. The Labute approximate surface area is 147 Å². The van der Waals surface area contributed by atoms with Crippen LogP contribution in [-0.2, 0) is 9.53 Å². The Hall–Kier alpha value is -1.69. The smallest absolute Gasteiger partial charge is 0.250 e. The normalized spacial score (nSPS) is 29.2. The molecule has 6 heteroatoms. The fourth-order valence-corrected chi connectivity index (χ4v) is 4.10. The predicted octanol–water partition coefficient (Wildman–Crippen LogP) is 2.80. The van der Waals surface area contributed by atoms with Gasteiger partial charge in [-0.1, -0.05) is 0 Å². The van der Waals surface area contributed by atoms with Gasteiger partial charge in [0.1, 0.15) is 0 Å². The molecule has 4 rings (SSSR count). The molecule has 1 saturated carbocycles. The summed E-state index contributed by atoms with van der Waals surface area (Å²) in [4.78, 5) is 18.5. The molecule has 25 heavy (non-hydrogen) atoms. The maximum absolute atomic E-state index is 13.8. The van der Waals surface area contributed by atoms with Crippen molar-refractivity contribution in [3.63, 3.8) is 0 Å². The fourth-order valence-electron chi connectivity index (χ4n) is 4.10. The van der Waals surface area contributed by atoms with Gasteiger partial charge in [0, 0.05) is 37.7 Å². The van der Waals surface area contributed by atoms with Crippen LogP contribution in [0.15, 0.2) is 18.3 Å². The quantitative estimate of drug-likeness (QED) is 0.821. The molecule has 136 valence electrons. The molecule has 5 nitrogen and oxygen atoms in total. The average Bonchev–Trinajstić information content (AvgIpc) is 3.44. The van der Waals surface area contributed by atoms with Crippen molar-refractivity contribution in [1.29, 1.82) is 0 Å². The van der Waals surface area contributed by atoms with Gasteiger partial charge in [0.15, 0.2) is 5.82 Å². The van der Waals surface area contributed by atoms with E-state index in [-0.39, 0.29) is 23.3 Å². The molecule has 0 radical (unpaired) electrons. The summed E-state index contributed by atoms with van der Waals surface area (Å²) in [5.74, 6) is 0.407. The Kier molecular flexibility index (Phi) is 4.63. The monoisotopic (exact) mass is 348 g/mol. The van der Waals surface area contributed by atoms with E-state index in [2.05, 4.69) is 4.98 Å². The van der Waals surface area contributed by atoms with Gasteiger partial charge >= 0.3 is 0 Å². The summed E-state index contributed by atoms with van der Waals surface area (Å²) in [5, 5.41) is 0. The summed E-state index contributed by atoms with van der Waals surface area (Å²) >= 11 is 0. The van der Waals surface area contributed by atoms with E-state index in [0.29, 0.717) is 25.5 Å². The van der Waals surface area contributed by atoms with Gasteiger partial charge in [-0.2, -0.15) is 0 Å². The summed E-state index contributed by atoms with van der Waals surface area (Å²) in [6.45, 7) is 2.47. The van der Waals surface area contributed by atoms with E-state index in [0.717, 1.165) is 32.4 Å². The zero-order chi connectivity index (χ0) is 17.3. The third-order valence-corrected chi connectivity index (χ3v) is 5.72. The number of halogens is 1. The van der Waals surface area contributed by atoms with E-state index in [1.165, 1.54) is 25.1 Å². The molecular formula is C19H25FN2O3. The van der Waals surface area contributed by atoms with Gasteiger partial charge in [0.2, 0.25) is 11.8 Å². The molecule has 0 spiro atoms. The molecule has 3 heterocycles. The number of ether oxygens (including phenoxy) is 2. The van der Waals surface area contributed by atoms with Gasteiger partial charge in [-0.3, -0.25) is 4.79 Å². The minimum Gasteiger partial charge on any atom is -0.475 e. The third-order valence-electron chi connectivity index (χ3n) is 5.72. The van der Waals surface area contributed by atoms with Gasteiger partial charge in [0.05, 0.1) is 12.7 Å². The van der Waals surface area contributed by atoms with Crippen molar-refractivity contribution in [3.8, 4) is 5.88 Å². The lowest BCUT2D eigenvalue weighted by Crippen LogP contribution is -2.58. The van der Waals surface area contributed by atoms with Crippen molar-refractivity contribution in [2.45, 2.75) is 44.6 Å². The first-order valence-corrected chi connectivity index (χ1v) is 9.29. The van der Waals surface area contributed by atoms with Crippen LogP contribution in [0.2, 0.25) is 0 Å². The number of hydrogen-bond donors (Lipinski definition) is 0. The Balaban J connectivity index is 1.47. The van der Waals surface area contributed by atoms with E-state index in [9.17, 15) is 9.18 Å². The number of aromatic nitrogens is 1. The van der Waals surface area contributed by atoms with Crippen LogP contribution in [0.5, 0.6) is 5.88 Å². The van der Waals surface area contributed by atoms with Crippen LogP contribution in [0.25, 0.3) is 0 Å². The largest absolute Gasteiger partial charge is 0.475 e. The predicted molar refractivity (Wildman–Crippen MR) is 89.6 cm³/mol.